The van der Waals surface area contributed by atoms with Crippen molar-refractivity contribution in [2.45, 2.75) is 7.43 Å². The lowest BCUT2D eigenvalue weighted by Gasteiger charge is -2.01. The second-order valence-electron chi connectivity index (χ2n) is 1.55. The van der Waals surface area contributed by atoms with Gasteiger partial charge in [-0.1, -0.05) is 13.5 Å². The Morgan fingerprint density at radius 1 is 1.50 bits per heavy atom. The van der Waals surface area contributed by atoms with E-state index in [4.69, 9.17) is 0 Å². The summed E-state index contributed by atoms with van der Waals surface area (Å²) < 4.78 is 0. The molecule has 0 N–H and O–H groups in total. The van der Waals surface area contributed by atoms with E-state index in [1.807, 2.05) is 20.2 Å². The maximum Gasteiger partial charge on any atom is 0.0154 e. The number of rotatable bonds is 2. The first-order valence-corrected chi connectivity index (χ1v) is 2.03. The molecule has 8 heavy (non-hydrogen) atoms. The summed E-state index contributed by atoms with van der Waals surface area (Å²) in [7, 11) is 4.03. The summed E-state index contributed by atoms with van der Waals surface area (Å²) in [6, 6.07) is 0. The van der Waals surface area contributed by atoms with Gasteiger partial charge in [0, 0.05) is 6.54 Å². The van der Waals surface area contributed by atoms with Crippen LogP contribution in [0, 0.1) is 0 Å². The quantitative estimate of drug-likeness (QED) is 0.525. The number of nitrogens with zero attached hydrogens (tertiary/aromatic N) is 1. The van der Waals surface area contributed by atoms with Gasteiger partial charge in [0.2, 0.25) is 0 Å². The van der Waals surface area contributed by atoms with Crippen LogP contribution in [0.25, 0.3) is 0 Å². The number of hydrogen-bond donors (Lipinski definition) is 0. The van der Waals surface area contributed by atoms with Gasteiger partial charge in [0.1, 0.15) is 0 Å². The van der Waals surface area contributed by atoms with Crippen molar-refractivity contribution in [1.29, 1.82) is 0 Å². The average Bonchev–Trinajstić information content (AvgIpc) is 1.35. The van der Waals surface area contributed by atoms with Crippen LogP contribution in [0.1, 0.15) is 7.43 Å². The third-order valence-corrected chi connectivity index (χ3v) is 0.494. The molecule has 0 saturated heterocycles. The molecule has 0 heterocycles. The van der Waals surface area contributed by atoms with E-state index in [0.29, 0.717) is 0 Å². The highest BCUT2D eigenvalue weighted by atomic mass is 35.5. The molecule has 0 rings (SSSR count). The monoisotopic (exact) mass is 137 g/mol. The number of halogens is 1. The van der Waals surface area contributed by atoms with Crippen LogP contribution >= 0.6 is 12.4 Å². The van der Waals surface area contributed by atoms with Gasteiger partial charge < -0.3 is 4.90 Å². The fourth-order valence-electron chi connectivity index (χ4n) is 0.258. The Labute approximate surface area is 58.8 Å². The molecule has 0 bridgehead atoms. The maximum atomic E-state index is 3.56. The minimum absolute atomic E-state index is 0. The standard InChI is InChI=1S/C5H11N.CH4.ClH/c1-4-5-6(2)3;;/h4H,1,5H2,2-3H3;1H4;1H. The molecule has 0 saturated carbocycles. The molecular formula is C6H16ClN. The predicted molar refractivity (Wildman–Crippen MR) is 42.7 cm³/mol. The zero-order valence-corrected chi connectivity index (χ0v) is 5.66. The Bertz CT molecular complexity index is 43.8. The lowest BCUT2D eigenvalue weighted by molar-refractivity contribution is 0.457. The van der Waals surface area contributed by atoms with E-state index < -0.39 is 0 Å². The Morgan fingerprint density at radius 2 is 1.88 bits per heavy atom. The normalized spacial score (nSPS) is 6.88. The van der Waals surface area contributed by atoms with E-state index in [1.54, 1.807) is 0 Å². The molecule has 0 atom stereocenters. The van der Waals surface area contributed by atoms with Crippen molar-refractivity contribution in [1.82, 2.24) is 4.90 Å². The second-order valence-corrected chi connectivity index (χ2v) is 1.55. The van der Waals surface area contributed by atoms with E-state index >= 15 is 0 Å². The van der Waals surface area contributed by atoms with Crippen LogP contribution < -0.4 is 0 Å². The predicted octanol–water partition coefficient (Wildman–Crippen LogP) is 1.79. The molecule has 0 aromatic rings. The Balaban J connectivity index is -0.000000125. The van der Waals surface area contributed by atoms with Crippen molar-refractivity contribution in [3.63, 3.8) is 0 Å². The zero-order chi connectivity index (χ0) is 4.99. The van der Waals surface area contributed by atoms with Crippen molar-refractivity contribution in [2.24, 2.45) is 0 Å². The summed E-state index contributed by atoms with van der Waals surface area (Å²) in [6.07, 6.45) is 1.88. The van der Waals surface area contributed by atoms with Crippen LogP contribution in [0.15, 0.2) is 12.7 Å². The lowest BCUT2D eigenvalue weighted by Crippen LogP contribution is -2.09. The summed E-state index contributed by atoms with van der Waals surface area (Å²) >= 11 is 0. The Morgan fingerprint density at radius 3 is 1.88 bits per heavy atom. The van der Waals surface area contributed by atoms with Gasteiger partial charge in [-0.15, -0.1) is 19.0 Å². The van der Waals surface area contributed by atoms with E-state index in [2.05, 4.69) is 11.5 Å². The van der Waals surface area contributed by atoms with E-state index in [1.165, 1.54) is 0 Å². The van der Waals surface area contributed by atoms with Crippen LogP contribution in [0.4, 0.5) is 0 Å². The first kappa shape index (κ1) is 15.7. The summed E-state index contributed by atoms with van der Waals surface area (Å²) in [5.74, 6) is 0. The zero-order valence-electron chi connectivity index (χ0n) is 4.85. The summed E-state index contributed by atoms with van der Waals surface area (Å²) in [4.78, 5) is 2.06. The van der Waals surface area contributed by atoms with Gasteiger partial charge in [-0.3, -0.25) is 0 Å². The lowest BCUT2D eigenvalue weighted by atomic mass is 10.6. The van der Waals surface area contributed by atoms with Gasteiger partial charge in [-0.2, -0.15) is 0 Å². The SMILES string of the molecule is C.C=CCN(C)C.Cl. The first-order valence-electron chi connectivity index (χ1n) is 2.03. The molecule has 2 heteroatoms. The Hall–Kier alpha value is -0.0100. The van der Waals surface area contributed by atoms with Crippen molar-refractivity contribution < 1.29 is 0 Å². The molecule has 1 nitrogen and oxygen atoms in total. The fourth-order valence-corrected chi connectivity index (χ4v) is 0.258. The molecule has 0 fully saturated rings. The molecule has 0 spiro atoms. The highest BCUT2D eigenvalue weighted by molar-refractivity contribution is 5.85. The van der Waals surface area contributed by atoms with Crippen molar-refractivity contribution >= 4 is 12.4 Å². The van der Waals surface area contributed by atoms with E-state index in [-0.39, 0.29) is 19.8 Å². The van der Waals surface area contributed by atoms with Crippen LogP contribution in [-0.4, -0.2) is 25.5 Å². The molecule has 0 aliphatic heterocycles. The summed E-state index contributed by atoms with van der Waals surface area (Å²) in [5.41, 5.74) is 0. The Kier molecular flexibility index (Phi) is 19.7. The number of likely N-dealkylation sites (N-methyl/N-ethyl adjacent to an activating group) is 1. The third-order valence-electron chi connectivity index (χ3n) is 0.494. The fraction of sp³-hybridized carbons (Fsp3) is 0.667. The molecular weight excluding hydrogens is 122 g/mol. The van der Waals surface area contributed by atoms with Gasteiger partial charge in [0.25, 0.3) is 0 Å². The van der Waals surface area contributed by atoms with Crippen LogP contribution in [0.3, 0.4) is 0 Å². The largest absolute Gasteiger partial charge is 0.306 e. The topological polar surface area (TPSA) is 3.24 Å². The van der Waals surface area contributed by atoms with E-state index in [0.717, 1.165) is 6.54 Å². The number of hydrogen-bond acceptors (Lipinski definition) is 1. The third kappa shape index (κ3) is 16.7. The van der Waals surface area contributed by atoms with Gasteiger partial charge in [0.15, 0.2) is 0 Å². The van der Waals surface area contributed by atoms with Crippen molar-refractivity contribution in [3.8, 4) is 0 Å². The molecule has 0 aliphatic rings. The van der Waals surface area contributed by atoms with Crippen LogP contribution in [-0.2, 0) is 0 Å². The molecule has 0 radical (unpaired) electrons. The first-order chi connectivity index (χ1) is 2.77. The summed E-state index contributed by atoms with van der Waals surface area (Å²) in [6.45, 7) is 4.53. The smallest absolute Gasteiger partial charge is 0.0154 e. The van der Waals surface area contributed by atoms with Gasteiger partial charge in [-0.25, -0.2) is 0 Å². The second kappa shape index (κ2) is 10.1. The minimum atomic E-state index is 0. The minimum Gasteiger partial charge on any atom is -0.306 e. The average molecular weight is 138 g/mol. The molecule has 0 aromatic carbocycles. The summed E-state index contributed by atoms with van der Waals surface area (Å²) in [5, 5.41) is 0. The van der Waals surface area contributed by atoms with Gasteiger partial charge in [-0.05, 0) is 14.1 Å². The van der Waals surface area contributed by atoms with Crippen molar-refractivity contribution in [2.75, 3.05) is 20.6 Å². The molecule has 52 valence electrons. The van der Waals surface area contributed by atoms with Crippen molar-refractivity contribution in [3.05, 3.63) is 12.7 Å². The molecule has 0 unspecified atom stereocenters. The van der Waals surface area contributed by atoms with Crippen LogP contribution in [0.2, 0.25) is 0 Å². The van der Waals surface area contributed by atoms with Gasteiger partial charge in [0.05, 0.1) is 0 Å². The highest BCUT2D eigenvalue weighted by Gasteiger charge is 1.75. The van der Waals surface area contributed by atoms with Crippen LogP contribution in [0.5, 0.6) is 0 Å². The van der Waals surface area contributed by atoms with E-state index in [9.17, 15) is 0 Å². The van der Waals surface area contributed by atoms with Gasteiger partial charge >= 0.3 is 0 Å². The molecule has 0 aliphatic carbocycles. The highest BCUT2D eigenvalue weighted by Crippen LogP contribution is 1.69. The molecule has 0 amide bonds. The molecule has 0 aromatic heterocycles. The maximum absolute atomic E-state index is 3.56.